The van der Waals surface area contributed by atoms with Crippen LogP contribution < -0.4 is 18.9 Å². The second-order valence-corrected chi connectivity index (χ2v) is 10.7. The summed E-state index contributed by atoms with van der Waals surface area (Å²) in [5, 5.41) is 0. The van der Waals surface area contributed by atoms with E-state index in [4.69, 9.17) is 18.9 Å². The normalized spacial score (nSPS) is 31.9. The summed E-state index contributed by atoms with van der Waals surface area (Å²) in [4.78, 5) is 0. The third kappa shape index (κ3) is 2.67. The Labute approximate surface area is 190 Å². The molecule has 0 radical (unpaired) electrons. The molecular formula is C28H32O4. The summed E-state index contributed by atoms with van der Waals surface area (Å²) in [6.45, 7) is 5.76. The zero-order chi connectivity index (χ0) is 21.4. The van der Waals surface area contributed by atoms with Crippen molar-refractivity contribution >= 4 is 0 Å². The first-order valence-electron chi connectivity index (χ1n) is 12.7. The molecule has 4 nitrogen and oxygen atoms in total. The van der Waals surface area contributed by atoms with E-state index in [1.165, 1.54) is 43.2 Å². The molecule has 6 aliphatic rings. The molecule has 168 valence electrons. The minimum Gasteiger partial charge on any atom is -0.490 e. The van der Waals surface area contributed by atoms with Gasteiger partial charge in [0.1, 0.15) is 0 Å². The van der Waals surface area contributed by atoms with Crippen LogP contribution in [0.5, 0.6) is 34.5 Å². The van der Waals surface area contributed by atoms with Gasteiger partial charge in [-0.2, -0.15) is 0 Å². The van der Waals surface area contributed by atoms with Crippen LogP contribution >= 0.6 is 0 Å². The predicted octanol–water partition coefficient (Wildman–Crippen LogP) is 7.34. The molecule has 0 saturated heterocycles. The molecule has 4 bridgehead atoms. The van der Waals surface area contributed by atoms with Crippen LogP contribution in [0.15, 0.2) is 24.3 Å². The number of ether oxygens (including phenoxy) is 4. The molecule has 4 saturated carbocycles. The first kappa shape index (κ1) is 19.1. The molecule has 2 aromatic carbocycles. The number of rotatable bonds is 8. The van der Waals surface area contributed by atoms with E-state index in [0.717, 1.165) is 78.3 Å². The molecule has 32 heavy (non-hydrogen) atoms. The van der Waals surface area contributed by atoms with E-state index in [0.29, 0.717) is 5.92 Å². The molecule has 8 rings (SSSR count). The lowest BCUT2D eigenvalue weighted by atomic mass is 9.42. The van der Waals surface area contributed by atoms with Crippen molar-refractivity contribution in [3.8, 4) is 34.5 Å². The first-order valence-corrected chi connectivity index (χ1v) is 12.7. The lowest BCUT2D eigenvalue weighted by Crippen LogP contribution is -2.53. The van der Waals surface area contributed by atoms with Gasteiger partial charge in [0.05, 0.1) is 13.2 Å². The van der Waals surface area contributed by atoms with E-state index >= 15 is 0 Å². The summed E-state index contributed by atoms with van der Waals surface area (Å²) in [5.41, 5.74) is 3.00. The van der Waals surface area contributed by atoms with Crippen molar-refractivity contribution in [2.24, 2.45) is 17.8 Å². The fourth-order valence-corrected chi connectivity index (χ4v) is 7.74. The minimum absolute atomic E-state index is 0.157. The van der Waals surface area contributed by atoms with E-state index in [9.17, 15) is 0 Å². The Kier molecular flexibility index (Phi) is 4.08. The van der Waals surface area contributed by atoms with E-state index < -0.39 is 0 Å². The van der Waals surface area contributed by atoms with Gasteiger partial charge in [-0.15, -0.1) is 0 Å². The fraction of sp³-hybridized carbons (Fsp3) is 0.571. The highest BCUT2D eigenvalue weighted by Gasteiger charge is 2.61. The number of hydrogen-bond acceptors (Lipinski definition) is 4. The highest BCUT2D eigenvalue weighted by molar-refractivity contribution is 5.72. The van der Waals surface area contributed by atoms with Crippen LogP contribution in [0.1, 0.15) is 75.8 Å². The maximum atomic E-state index is 6.10. The SMILES string of the molecule is CCCOc1ccc(C2C3CC4CC(C3)CC2(c2ccc(OCCC)c3c2O3)C4)c2c1O2. The van der Waals surface area contributed by atoms with Crippen LogP contribution in [0.2, 0.25) is 0 Å². The quantitative estimate of drug-likeness (QED) is 0.273. The van der Waals surface area contributed by atoms with Crippen molar-refractivity contribution in [2.75, 3.05) is 13.2 Å². The van der Waals surface area contributed by atoms with Crippen molar-refractivity contribution in [1.29, 1.82) is 0 Å². The Morgan fingerprint density at radius 1 is 0.781 bits per heavy atom. The van der Waals surface area contributed by atoms with Crippen molar-refractivity contribution in [3.63, 3.8) is 0 Å². The van der Waals surface area contributed by atoms with Crippen molar-refractivity contribution < 1.29 is 18.9 Å². The van der Waals surface area contributed by atoms with Gasteiger partial charge in [-0.05, 0) is 74.8 Å². The summed E-state index contributed by atoms with van der Waals surface area (Å²) < 4.78 is 24.0. The molecule has 4 fully saturated rings. The molecular weight excluding hydrogens is 400 g/mol. The Balaban J connectivity index is 1.30. The average molecular weight is 433 g/mol. The minimum atomic E-state index is 0.157. The number of hydrogen-bond donors (Lipinski definition) is 0. The van der Waals surface area contributed by atoms with Gasteiger partial charge in [0.2, 0.25) is 11.5 Å². The smallest absolute Gasteiger partial charge is 0.212 e. The van der Waals surface area contributed by atoms with Gasteiger partial charge in [-0.3, -0.25) is 0 Å². The van der Waals surface area contributed by atoms with Crippen LogP contribution in [0.4, 0.5) is 0 Å². The molecule has 3 atom stereocenters. The van der Waals surface area contributed by atoms with E-state index in [-0.39, 0.29) is 5.41 Å². The maximum Gasteiger partial charge on any atom is 0.212 e. The van der Waals surface area contributed by atoms with Gasteiger partial charge in [0.15, 0.2) is 23.0 Å². The van der Waals surface area contributed by atoms with Gasteiger partial charge in [-0.25, -0.2) is 0 Å². The van der Waals surface area contributed by atoms with Gasteiger partial charge in [0, 0.05) is 22.5 Å². The lowest BCUT2D eigenvalue weighted by Gasteiger charge is -2.61. The molecule has 3 unspecified atom stereocenters. The van der Waals surface area contributed by atoms with Crippen LogP contribution in [-0.2, 0) is 5.41 Å². The van der Waals surface area contributed by atoms with Gasteiger partial charge in [-0.1, -0.05) is 26.0 Å². The fourth-order valence-electron chi connectivity index (χ4n) is 7.74. The third-order valence-corrected chi connectivity index (χ3v) is 8.61. The van der Waals surface area contributed by atoms with Crippen molar-refractivity contribution in [3.05, 3.63) is 35.4 Å². The second kappa shape index (κ2) is 6.82. The molecule has 0 spiro atoms. The zero-order valence-electron chi connectivity index (χ0n) is 19.1. The van der Waals surface area contributed by atoms with Crippen molar-refractivity contribution in [1.82, 2.24) is 0 Å². The number of fused-ring (bicyclic) bond motifs is 2. The van der Waals surface area contributed by atoms with Crippen LogP contribution in [0, 0.1) is 17.8 Å². The lowest BCUT2D eigenvalue weighted by molar-refractivity contribution is -0.0282. The summed E-state index contributed by atoms with van der Waals surface area (Å²) >= 11 is 0. The van der Waals surface area contributed by atoms with E-state index in [1.54, 1.807) is 0 Å². The Hall–Kier alpha value is -2.36. The highest BCUT2D eigenvalue weighted by Crippen LogP contribution is 2.72. The average Bonchev–Trinajstić information content (AvgIpc) is 3.69. The molecule has 0 amide bonds. The van der Waals surface area contributed by atoms with E-state index in [1.807, 2.05) is 0 Å². The van der Waals surface area contributed by atoms with E-state index in [2.05, 4.69) is 38.1 Å². The zero-order valence-corrected chi connectivity index (χ0v) is 19.1. The maximum absolute atomic E-state index is 6.10. The first-order chi connectivity index (χ1) is 15.7. The Morgan fingerprint density at radius 2 is 1.41 bits per heavy atom. The number of benzene rings is 2. The summed E-state index contributed by atoms with van der Waals surface area (Å²) in [7, 11) is 0. The summed E-state index contributed by atoms with van der Waals surface area (Å²) in [5.74, 6) is 8.95. The molecule has 0 aromatic heterocycles. The molecule has 2 aromatic rings. The summed E-state index contributed by atoms with van der Waals surface area (Å²) in [6, 6.07) is 8.95. The van der Waals surface area contributed by atoms with Crippen LogP contribution in [0.25, 0.3) is 0 Å². The molecule has 4 aliphatic carbocycles. The molecule has 4 heteroatoms. The van der Waals surface area contributed by atoms with Crippen LogP contribution in [0.3, 0.4) is 0 Å². The highest BCUT2D eigenvalue weighted by atomic mass is 16.6. The van der Waals surface area contributed by atoms with Gasteiger partial charge >= 0.3 is 0 Å². The molecule has 2 heterocycles. The van der Waals surface area contributed by atoms with Crippen molar-refractivity contribution in [2.45, 2.75) is 70.1 Å². The Bertz CT molecular complexity index is 1080. The third-order valence-electron chi connectivity index (χ3n) is 8.61. The van der Waals surface area contributed by atoms with Crippen LogP contribution in [-0.4, -0.2) is 13.2 Å². The summed E-state index contributed by atoms with van der Waals surface area (Å²) in [6.07, 6.45) is 8.73. The Morgan fingerprint density at radius 3 is 2.09 bits per heavy atom. The predicted molar refractivity (Wildman–Crippen MR) is 123 cm³/mol. The van der Waals surface area contributed by atoms with Gasteiger partial charge in [0.25, 0.3) is 0 Å². The molecule has 0 N–H and O–H groups in total. The monoisotopic (exact) mass is 432 g/mol. The molecule has 2 aliphatic heterocycles. The topological polar surface area (TPSA) is 43.5 Å². The standard InChI is InChI=1S/C28H32O4/c1-3-9-29-21-7-5-19(24-26(21)31-24)23-18-12-16-11-17(13-18)15-28(23,14-16)20-6-8-22(30-10-4-2)27-25(20)32-27/h5-8,16-18,23H,3-4,9-15H2,1-2H3. The second-order valence-electron chi connectivity index (χ2n) is 10.7. The van der Waals surface area contributed by atoms with Gasteiger partial charge < -0.3 is 18.9 Å². The largest absolute Gasteiger partial charge is 0.490 e.